The minimum atomic E-state index is -4.52. The van der Waals surface area contributed by atoms with Gasteiger partial charge in [0.1, 0.15) is 30.8 Å². The van der Waals surface area contributed by atoms with E-state index < -0.39 is 54.7 Å². The fourth-order valence-electron chi connectivity index (χ4n) is 2.74. The van der Waals surface area contributed by atoms with Gasteiger partial charge in [-0.1, -0.05) is 12.1 Å². The number of nitrogens with one attached hydrogen (secondary N) is 2. The zero-order valence-corrected chi connectivity index (χ0v) is 19.1. The van der Waals surface area contributed by atoms with Crippen LogP contribution in [-0.4, -0.2) is 59.9 Å². The van der Waals surface area contributed by atoms with Crippen molar-refractivity contribution in [1.29, 1.82) is 0 Å². The topological polar surface area (TPSA) is 199 Å². The maximum absolute atomic E-state index is 12.6. The molecule has 12 nitrogen and oxygen atoms in total. The number of aliphatic imine (C=N–C) groups is 1. The highest BCUT2D eigenvalue weighted by atomic mass is 19.4. The molecule has 0 spiro atoms. The Morgan fingerprint density at radius 1 is 1.08 bits per heavy atom. The molecule has 0 bridgehead atoms. The molecule has 0 fully saturated rings. The van der Waals surface area contributed by atoms with Crippen molar-refractivity contribution in [3.05, 3.63) is 59.2 Å². The molecule has 0 heterocycles. The van der Waals surface area contributed by atoms with Crippen LogP contribution in [0.3, 0.4) is 0 Å². The molecule has 2 aromatic rings. The van der Waals surface area contributed by atoms with Crippen molar-refractivity contribution in [2.75, 3.05) is 19.7 Å². The summed E-state index contributed by atoms with van der Waals surface area (Å²) >= 11 is 0. The second-order valence-corrected chi connectivity index (χ2v) is 7.35. The van der Waals surface area contributed by atoms with Crippen LogP contribution < -0.4 is 26.8 Å². The van der Waals surface area contributed by atoms with Gasteiger partial charge in [0.05, 0.1) is 17.7 Å². The summed E-state index contributed by atoms with van der Waals surface area (Å²) in [6.07, 6.45) is -5.69. The molecule has 2 rings (SSSR count). The Kier molecular flexibility index (Phi) is 9.92. The number of rotatable bonds is 11. The van der Waals surface area contributed by atoms with E-state index in [0.717, 1.165) is 30.3 Å². The van der Waals surface area contributed by atoms with Crippen LogP contribution in [0.4, 0.5) is 18.0 Å². The molecule has 2 aromatic carbocycles. The average Bonchev–Trinajstić information content (AvgIpc) is 2.82. The number of alkyl halides is 3. The van der Waals surface area contributed by atoms with E-state index in [1.165, 1.54) is 12.1 Å². The van der Waals surface area contributed by atoms with Gasteiger partial charge in [0, 0.05) is 12.6 Å². The number of aliphatic carboxylic acids is 1. The summed E-state index contributed by atoms with van der Waals surface area (Å²) in [6.45, 7) is -0.720. The number of halogens is 3. The standard InChI is InChI=1S/C22H24F3N5O7/c23-22(24,25)13-3-1-12(2-4-13)11-37-21(35)30-16(19(33)34)10-29-18(32)15-6-5-14(9-17(15)31)36-8-7-28-20(26)27/h1-6,9,16,31H,7-8,10-11H2,(H,29,32)(H,30,35)(H,33,34)(H4,26,27,28)/t16-/m0/s1. The van der Waals surface area contributed by atoms with Gasteiger partial charge < -0.3 is 41.8 Å². The number of carboxylic acid groups (broad SMARTS) is 1. The molecule has 8 N–H and O–H groups in total. The molecule has 1 atom stereocenters. The number of alkyl carbamates (subject to hydrolysis) is 1. The molecule has 0 aliphatic heterocycles. The number of aromatic hydroxyl groups is 1. The smallest absolute Gasteiger partial charge is 0.416 e. The van der Waals surface area contributed by atoms with Gasteiger partial charge in [-0.2, -0.15) is 13.2 Å². The molecule has 15 heteroatoms. The summed E-state index contributed by atoms with van der Waals surface area (Å²) in [7, 11) is 0. The largest absolute Gasteiger partial charge is 0.507 e. The summed E-state index contributed by atoms with van der Waals surface area (Å²) in [5.74, 6) is -2.68. The van der Waals surface area contributed by atoms with Crippen LogP contribution in [0.2, 0.25) is 0 Å². The zero-order valence-electron chi connectivity index (χ0n) is 19.1. The van der Waals surface area contributed by atoms with Crippen molar-refractivity contribution >= 4 is 23.9 Å². The highest BCUT2D eigenvalue weighted by Crippen LogP contribution is 2.29. The van der Waals surface area contributed by atoms with Crippen LogP contribution in [-0.2, 0) is 22.3 Å². The number of benzene rings is 2. The summed E-state index contributed by atoms with van der Waals surface area (Å²) in [4.78, 5) is 39.5. The zero-order chi connectivity index (χ0) is 27.6. The number of hydrogen-bond acceptors (Lipinski definition) is 7. The Labute approximate surface area is 208 Å². The lowest BCUT2D eigenvalue weighted by Crippen LogP contribution is -2.48. The quantitative estimate of drug-likeness (QED) is 0.141. The number of carbonyl (C=O) groups is 3. The normalized spacial score (nSPS) is 11.6. The lowest BCUT2D eigenvalue weighted by atomic mass is 10.1. The Balaban J connectivity index is 1.86. The number of carboxylic acids is 1. The first-order chi connectivity index (χ1) is 17.4. The number of amides is 2. The minimum absolute atomic E-state index is 0.101. The molecule has 0 aliphatic rings. The third-order valence-corrected chi connectivity index (χ3v) is 4.58. The molecule has 0 saturated carbocycles. The number of guanidine groups is 1. The SMILES string of the molecule is NC(N)=NCCOc1ccc(C(=O)NC[C@H](NC(=O)OCc2ccc(C(F)(F)F)cc2)C(=O)O)c(O)c1. The first-order valence-electron chi connectivity index (χ1n) is 10.5. The molecular formula is C22H24F3N5O7. The van der Waals surface area contributed by atoms with Crippen LogP contribution in [0.25, 0.3) is 0 Å². The number of phenols is 1. The van der Waals surface area contributed by atoms with E-state index in [1.54, 1.807) is 0 Å². The van der Waals surface area contributed by atoms with Gasteiger partial charge in [-0.05, 0) is 29.8 Å². The van der Waals surface area contributed by atoms with E-state index in [-0.39, 0.29) is 36.0 Å². The lowest BCUT2D eigenvalue weighted by Gasteiger charge is -2.16. The molecule has 2 amide bonds. The number of hydrogen-bond donors (Lipinski definition) is 6. The number of carbonyl (C=O) groups excluding carboxylic acids is 2. The number of nitrogens with two attached hydrogens (primary N) is 2. The predicted molar refractivity (Wildman–Crippen MR) is 123 cm³/mol. The summed E-state index contributed by atoms with van der Waals surface area (Å²) < 4.78 is 47.9. The van der Waals surface area contributed by atoms with Crippen molar-refractivity contribution < 1.29 is 47.2 Å². The molecule has 0 aliphatic carbocycles. The first-order valence-corrected chi connectivity index (χ1v) is 10.5. The van der Waals surface area contributed by atoms with Gasteiger partial charge in [-0.25, -0.2) is 9.59 Å². The van der Waals surface area contributed by atoms with Crippen molar-refractivity contribution in [3.8, 4) is 11.5 Å². The summed E-state index contributed by atoms with van der Waals surface area (Å²) in [5.41, 5.74) is 9.55. The predicted octanol–water partition coefficient (Wildman–Crippen LogP) is 1.17. The molecule has 37 heavy (non-hydrogen) atoms. The van der Waals surface area contributed by atoms with Gasteiger partial charge in [-0.15, -0.1) is 0 Å². The van der Waals surface area contributed by atoms with Crippen molar-refractivity contribution in [2.24, 2.45) is 16.5 Å². The molecule has 200 valence electrons. The molecule has 0 aromatic heterocycles. The Morgan fingerprint density at radius 2 is 1.76 bits per heavy atom. The maximum atomic E-state index is 12.6. The first kappa shape index (κ1) is 28.5. The molecule has 0 radical (unpaired) electrons. The van der Waals surface area contributed by atoms with Crippen LogP contribution in [0.5, 0.6) is 11.5 Å². The van der Waals surface area contributed by atoms with E-state index in [0.29, 0.717) is 0 Å². The third-order valence-electron chi connectivity index (χ3n) is 4.58. The number of ether oxygens (including phenoxy) is 2. The van der Waals surface area contributed by atoms with Crippen molar-refractivity contribution in [1.82, 2.24) is 10.6 Å². The van der Waals surface area contributed by atoms with Crippen LogP contribution in [0.15, 0.2) is 47.5 Å². The monoisotopic (exact) mass is 527 g/mol. The molecule has 0 unspecified atom stereocenters. The highest BCUT2D eigenvalue weighted by Gasteiger charge is 2.30. The second kappa shape index (κ2) is 12.9. The van der Waals surface area contributed by atoms with Gasteiger partial charge in [-0.3, -0.25) is 9.79 Å². The van der Waals surface area contributed by atoms with Crippen LogP contribution >= 0.6 is 0 Å². The third kappa shape index (κ3) is 9.46. The van der Waals surface area contributed by atoms with Crippen molar-refractivity contribution in [3.63, 3.8) is 0 Å². The fraction of sp³-hybridized carbons (Fsp3) is 0.273. The van der Waals surface area contributed by atoms with Crippen LogP contribution in [0, 0.1) is 0 Å². The Bertz CT molecular complexity index is 1140. The lowest BCUT2D eigenvalue weighted by molar-refractivity contribution is -0.139. The van der Waals surface area contributed by atoms with E-state index in [9.17, 15) is 37.8 Å². The summed E-state index contributed by atoms with van der Waals surface area (Å²) in [6, 6.07) is 6.02. The average molecular weight is 527 g/mol. The highest BCUT2D eigenvalue weighted by molar-refractivity contribution is 5.97. The Hall–Kier alpha value is -4.69. The van der Waals surface area contributed by atoms with E-state index in [1.807, 2.05) is 5.32 Å². The second-order valence-electron chi connectivity index (χ2n) is 7.35. The fourth-order valence-corrected chi connectivity index (χ4v) is 2.74. The van der Waals surface area contributed by atoms with Crippen LogP contribution in [0.1, 0.15) is 21.5 Å². The van der Waals surface area contributed by atoms with E-state index in [4.69, 9.17) is 20.9 Å². The minimum Gasteiger partial charge on any atom is -0.507 e. The maximum Gasteiger partial charge on any atom is 0.416 e. The van der Waals surface area contributed by atoms with E-state index >= 15 is 0 Å². The van der Waals surface area contributed by atoms with Gasteiger partial charge >= 0.3 is 18.2 Å². The number of nitrogens with zero attached hydrogens (tertiary/aromatic N) is 1. The molecule has 0 saturated heterocycles. The number of phenolic OH excluding ortho intramolecular Hbond substituents is 1. The molecular weight excluding hydrogens is 503 g/mol. The van der Waals surface area contributed by atoms with Gasteiger partial charge in [0.2, 0.25) is 0 Å². The summed E-state index contributed by atoms with van der Waals surface area (Å²) in [5, 5.41) is 23.7. The van der Waals surface area contributed by atoms with E-state index in [2.05, 4.69) is 10.3 Å². The van der Waals surface area contributed by atoms with Gasteiger partial charge in [0.25, 0.3) is 5.91 Å². The Morgan fingerprint density at radius 3 is 2.32 bits per heavy atom. The van der Waals surface area contributed by atoms with Crippen molar-refractivity contribution in [2.45, 2.75) is 18.8 Å². The van der Waals surface area contributed by atoms with Gasteiger partial charge in [0.15, 0.2) is 5.96 Å².